The molecular weight excluding hydrogens is 234 g/mol. The second-order valence-electron chi connectivity index (χ2n) is 4.47. The second kappa shape index (κ2) is 4.38. The van der Waals surface area contributed by atoms with Gasteiger partial charge in [0.05, 0.1) is 0 Å². The van der Waals surface area contributed by atoms with Gasteiger partial charge in [-0.3, -0.25) is 4.40 Å². The molecule has 18 heavy (non-hydrogen) atoms. The van der Waals surface area contributed by atoms with Gasteiger partial charge in [0, 0.05) is 25.8 Å². The monoisotopic (exact) mass is 247 g/mol. The van der Waals surface area contributed by atoms with E-state index in [4.69, 9.17) is 9.84 Å². The molecule has 1 saturated heterocycles. The summed E-state index contributed by atoms with van der Waals surface area (Å²) in [6.45, 7) is 1.54. The Morgan fingerprint density at radius 3 is 3.17 bits per heavy atom. The van der Waals surface area contributed by atoms with Crippen molar-refractivity contribution in [2.24, 2.45) is 5.92 Å². The van der Waals surface area contributed by atoms with Crippen molar-refractivity contribution in [3.8, 4) is 0 Å². The molecule has 0 radical (unpaired) electrons. The van der Waals surface area contributed by atoms with E-state index in [0.717, 1.165) is 31.9 Å². The highest BCUT2D eigenvalue weighted by molar-refractivity contribution is 5.94. The predicted octanol–water partition coefficient (Wildman–Crippen LogP) is 1.01. The van der Waals surface area contributed by atoms with Crippen LogP contribution in [-0.4, -0.2) is 38.9 Å². The normalized spacial score (nSPS) is 19.4. The van der Waals surface area contributed by atoms with E-state index in [1.54, 1.807) is 16.7 Å². The lowest BCUT2D eigenvalue weighted by Crippen LogP contribution is -2.08. The summed E-state index contributed by atoms with van der Waals surface area (Å²) in [7, 11) is 0. The van der Waals surface area contributed by atoms with E-state index in [1.165, 1.54) is 6.07 Å². The number of pyridine rings is 1. The summed E-state index contributed by atoms with van der Waals surface area (Å²) in [6.07, 6.45) is 3.59. The molecule has 0 aliphatic carbocycles. The minimum absolute atomic E-state index is 0.180. The third-order valence-corrected chi connectivity index (χ3v) is 3.23. The summed E-state index contributed by atoms with van der Waals surface area (Å²) in [5, 5.41) is 17.1. The van der Waals surface area contributed by atoms with Gasteiger partial charge in [0.1, 0.15) is 11.4 Å². The molecule has 2 aromatic rings. The molecule has 1 unspecified atom stereocenters. The van der Waals surface area contributed by atoms with E-state index in [0.29, 0.717) is 11.6 Å². The van der Waals surface area contributed by atoms with Gasteiger partial charge in [-0.2, -0.15) is 0 Å². The molecule has 1 N–H and O–H groups in total. The molecule has 1 aliphatic heterocycles. The minimum atomic E-state index is -0.983. The SMILES string of the molecule is O=C(O)c1cccn2c(CC3CCOC3)nnc12. The van der Waals surface area contributed by atoms with E-state index in [9.17, 15) is 4.79 Å². The molecule has 94 valence electrons. The quantitative estimate of drug-likeness (QED) is 0.875. The molecule has 0 spiro atoms. The number of hydrogen-bond donors (Lipinski definition) is 1. The van der Waals surface area contributed by atoms with Crippen molar-refractivity contribution in [1.82, 2.24) is 14.6 Å². The first-order valence-electron chi connectivity index (χ1n) is 5.89. The summed E-state index contributed by atoms with van der Waals surface area (Å²) in [6, 6.07) is 3.24. The number of carboxylic acids is 1. The fourth-order valence-electron chi connectivity index (χ4n) is 2.27. The first-order chi connectivity index (χ1) is 8.75. The Balaban J connectivity index is 1.98. The summed E-state index contributed by atoms with van der Waals surface area (Å²) in [5.41, 5.74) is 0.581. The zero-order valence-corrected chi connectivity index (χ0v) is 9.74. The van der Waals surface area contributed by atoms with Crippen LogP contribution in [0.2, 0.25) is 0 Å². The highest BCUT2D eigenvalue weighted by Crippen LogP contribution is 2.18. The number of hydrogen-bond acceptors (Lipinski definition) is 4. The van der Waals surface area contributed by atoms with Gasteiger partial charge in [0.2, 0.25) is 0 Å². The average molecular weight is 247 g/mol. The van der Waals surface area contributed by atoms with E-state index in [2.05, 4.69) is 10.2 Å². The molecule has 6 heteroatoms. The molecule has 3 heterocycles. The Morgan fingerprint density at radius 1 is 1.56 bits per heavy atom. The number of carboxylic acid groups (broad SMARTS) is 1. The Kier molecular flexibility index (Phi) is 2.71. The fourth-order valence-corrected chi connectivity index (χ4v) is 2.27. The molecule has 0 amide bonds. The average Bonchev–Trinajstić information content (AvgIpc) is 2.99. The molecule has 1 aliphatic rings. The number of fused-ring (bicyclic) bond motifs is 1. The maximum atomic E-state index is 11.1. The van der Waals surface area contributed by atoms with Gasteiger partial charge in [-0.15, -0.1) is 10.2 Å². The highest BCUT2D eigenvalue weighted by atomic mass is 16.5. The number of aromatic nitrogens is 3. The van der Waals surface area contributed by atoms with E-state index >= 15 is 0 Å². The van der Waals surface area contributed by atoms with Crippen LogP contribution in [0, 0.1) is 5.92 Å². The Bertz CT molecular complexity index is 587. The van der Waals surface area contributed by atoms with Crippen molar-refractivity contribution in [2.75, 3.05) is 13.2 Å². The highest BCUT2D eigenvalue weighted by Gasteiger charge is 2.20. The molecular formula is C12H13N3O3. The topological polar surface area (TPSA) is 76.7 Å². The Labute approximate surface area is 103 Å². The summed E-state index contributed by atoms with van der Waals surface area (Å²) in [5.74, 6) is 0.262. The van der Waals surface area contributed by atoms with E-state index in [-0.39, 0.29) is 5.56 Å². The molecule has 1 fully saturated rings. The Morgan fingerprint density at radius 2 is 2.44 bits per heavy atom. The standard InChI is InChI=1S/C12H13N3O3/c16-12(17)9-2-1-4-15-10(13-14-11(9)15)6-8-3-5-18-7-8/h1-2,4,8H,3,5-7H2,(H,16,17). The van der Waals surface area contributed by atoms with Crippen molar-refractivity contribution in [1.29, 1.82) is 0 Å². The maximum Gasteiger partial charge on any atom is 0.339 e. The lowest BCUT2D eigenvalue weighted by atomic mass is 10.1. The van der Waals surface area contributed by atoms with Gasteiger partial charge >= 0.3 is 5.97 Å². The smallest absolute Gasteiger partial charge is 0.339 e. The second-order valence-corrected chi connectivity index (χ2v) is 4.47. The summed E-state index contributed by atoms with van der Waals surface area (Å²) in [4.78, 5) is 11.1. The molecule has 6 nitrogen and oxygen atoms in total. The first-order valence-corrected chi connectivity index (χ1v) is 5.89. The van der Waals surface area contributed by atoms with Crippen molar-refractivity contribution in [3.63, 3.8) is 0 Å². The predicted molar refractivity (Wildman–Crippen MR) is 62.6 cm³/mol. The number of nitrogens with zero attached hydrogens (tertiary/aromatic N) is 3. The zero-order chi connectivity index (χ0) is 12.5. The van der Waals surface area contributed by atoms with Gasteiger partial charge in [-0.25, -0.2) is 4.79 Å². The van der Waals surface area contributed by atoms with Gasteiger partial charge in [0.25, 0.3) is 0 Å². The van der Waals surface area contributed by atoms with Gasteiger partial charge < -0.3 is 9.84 Å². The van der Waals surface area contributed by atoms with E-state index < -0.39 is 5.97 Å². The van der Waals surface area contributed by atoms with Crippen LogP contribution in [-0.2, 0) is 11.2 Å². The van der Waals surface area contributed by atoms with Crippen molar-refractivity contribution >= 4 is 11.6 Å². The minimum Gasteiger partial charge on any atom is -0.478 e. The molecule has 0 aromatic carbocycles. The zero-order valence-electron chi connectivity index (χ0n) is 9.74. The van der Waals surface area contributed by atoms with Crippen LogP contribution in [0.3, 0.4) is 0 Å². The summed E-state index contributed by atoms with van der Waals surface area (Å²) < 4.78 is 7.08. The van der Waals surface area contributed by atoms with Crippen LogP contribution < -0.4 is 0 Å². The lowest BCUT2D eigenvalue weighted by Gasteiger charge is -2.05. The van der Waals surface area contributed by atoms with Crippen molar-refractivity contribution in [2.45, 2.75) is 12.8 Å². The van der Waals surface area contributed by atoms with Crippen LogP contribution in [0.15, 0.2) is 18.3 Å². The van der Waals surface area contributed by atoms with Crippen LogP contribution in [0.25, 0.3) is 5.65 Å². The van der Waals surface area contributed by atoms with Crippen LogP contribution in [0.4, 0.5) is 0 Å². The molecule has 0 bridgehead atoms. The van der Waals surface area contributed by atoms with Gasteiger partial charge in [-0.1, -0.05) is 0 Å². The number of carbonyl (C=O) groups is 1. The van der Waals surface area contributed by atoms with Crippen LogP contribution in [0.1, 0.15) is 22.6 Å². The van der Waals surface area contributed by atoms with Crippen molar-refractivity contribution in [3.05, 3.63) is 29.7 Å². The number of rotatable bonds is 3. The largest absolute Gasteiger partial charge is 0.478 e. The third-order valence-electron chi connectivity index (χ3n) is 3.23. The fraction of sp³-hybridized carbons (Fsp3) is 0.417. The molecule has 3 rings (SSSR count). The maximum absolute atomic E-state index is 11.1. The molecule has 0 saturated carbocycles. The first kappa shape index (κ1) is 11.2. The molecule has 2 aromatic heterocycles. The number of ether oxygens (including phenoxy) is 1. The Hall–Kier alpha value is -1.95. The van der Waals surface area contributed by atoms with Crippen molar-refractivity contribution < 1.29 is 14.6 Å². The summed E-state index contributed by atoms with van der Waals surface area (Å²) >= 11 is 0. The lowest BCUT2D eigenvalue weighted by molar-refractivity contribution is 0.0698. The third kappa shape index (κ3) is 1.84. The van der Waals surface area contributed by atoms with Crippen LogP contribution >= 0.6 is 0 Å². The van der Waals surface area contributed by atoms with E-state index in [1.807, 2.05) is 0 Å². The number of aromatic carboxylic acids is 1. The van der Waals surface area contributed by atoms with Gasteiger partial charge in [-0.05, 0) is 24.5 Å². The molecule has 1 atom stereocenters. The van der Waals surface area contributed by atoms with Crippen LogP contribution in [0.5, 0.6) is 0 Å². The van der Waals surface area contributed by atoms with Gasteiger partial charge in [0.15, 0.2) is 5.65 Å².